The summed E-state index contributed by atoms with van der Waals surface area (Å²) in [6.07, 6.45) is -0.348. The fraction of sp³-hybridized carbons (Fsp3) is 0.167. The first-order valence-electron chi connectivity index (χ1n) is 7.36. The van der Waals surface area contributed by atoms with Crippen molar-refractivity contribution in [2.75, 3.05) is 17.3 Å². The summed E-state index contributed by atoms with van der Waals surface area (Å²) in [4.78, 5) is 25.8. The highest BCUT2D eigenvalue weighted by molar-refractivity contribution is 6.08. The van der Waals surface area contributed by atoms with Crippen LogP contribution >= 0.6 is 0 Å². The highest BCUT2D eigenvalue weighted by atomic mass is 16.3. The number of aliphatic hydroxyl groups is 1. The number of hydrogen-bond donors (Lipinski definition) is 2. The number of carbonyl (C=O) groups excluding carboxylic acids is 2. The van der Waals surface area contributed by atoms with Gasteiger partial charge in [0.1, 0.15) is 0 Å². The van der Waals surface area contributed by atoms with E-state index in [1.54, 1.807) is 43.4 Å². The lowest BCUT2D eigenvalue weighted by Crippen LogP contribution is -2.38. The first-order chi connectivity index (χ1) is 11.5. The van der Waals surface area contributed by atoms with Gasteiger partial charge in [0.2, 0.25) is 0 Å². The second-order valence-corrected chi connectivity index (χ2v) is 5.61. The number of benzene rings is 2. The van der Waals surface area contributed by atoms with Gasteiger partial charge in [0.15, 0.2) is 5.60 Å². The van der Waals surface area contributed by atoms with Crippen LogP contribution in [0, 0.1) is 11.3 Å². The molecule has 1 atom stereocenters. The molecule has 0 saturated carbocycles. The van der Waals surface area contributed by atoms with Crippen molar-refractivity contribution in [3.63, 3.8) is 0 Å². The molecule has 0 radical (unpaired) electrons. The summed E-state index contributed by atoms with van der Waals surface area (Å²) in [6.45, 7) is 0. The third kappa shape index (κ3) is 2.41. The van der Waals surface area contributed by atoms with Gasteiger partial charge in [-0.1, -0.05) is 18.2 Å². The zero-order chi connectivity index (χ0) is 17.3. The Morgan fingerprint density at radius 3 is 2.67 bits per heavy atom. The number of fused-ring (bicyclic) bond motifs is 1. The minimum Gasteiger partial charge on any atom is -0.374 e. The monoisotopic (exact) mass is 321 g/mol. The van der Waals surface area contributed by atoms with Crippen LogP contribution in [-0.4, -0.2) is 24.0 Å². The lowest BCUT2D eigenvalue weighted by atomic mass is 9.92. The van der Waals surface area contributed by atoms with E-state index in [9.17, 15) is 14.7 Å². The third-order valence-electron chi connectivity index (χ3n) is 4.09. The molecule has 1 aliphatic rings. The summed E-state index contributed by atoms with van der Waals surface area (Å²) in [5.41, 5.74) is -0.0924. The molecule has 24 heavy (non-hydrogen) atoms. The normalized spacial score (nSPS) is 18.9. The number of hydrogen-bond acceptors (Lipinski definition) is 4. The second kappa shape index (κ2) is 5.80. The van der Waals surface area contributed by atoms with Gasteiger partial charge in [-0.3, -0.25) is 9.59 Å². The van der Waals surface area contributed by atoms with Gasteiger partial charge in [-0.2, -0.15) is 5.26 Å². The van der Waals surface area contributed by atoms with Gasteiger partial charge < -0.3 is 15.3 Å². The van der Waals surface area contributed by atoms with Gasteiger partial charge in [0, 0.05) is 23.9 Å². The van der Waals surface area contributed by atoms with Gasteiger partial charge in [-0.25, -0.2) is 0 Å². The molecular formula is C18H15N3O3. The highest BCUT2D eigenvalue weighted by Gasteiger charge is 2.48. The molecule has 2 aromatic rings. The maximum Gasteiger partial charge on any atom is 0.264 e. The van der Waals surface area contributed by atoms with Crippen LogP contribution in [-0.2, 0) is 10.4 Å². The number of likely N-dealkylation sites (N-methyl/N-ethyl adjacent to an activating group) is 1. The number of rotatable bonds is 3. The predicted octanol–water partition coefficient (Wildman–Crippen LogP) is 2.02. The fourth-order valence-corrected chi connectivity index (χ4v) is 2.82. The minimum atomic E-state index is -1.88. The SMILES string of the molecule is CN1C(=O)C(O)(CC#N)c2cc(NC(=O)c3ccccc3)ccc21. The van der Waals surface area contributed by atoms with Crippen LogP contribution < -0.4 is 10.2 Å². The van der Waals surface area contributed by atoms with Crippen LogP contribution in [0.1, 0.15) is 22.3 Å². The van der Waals surface area contributed by atoms with Crippen molar-refractivity contribution < 1.29 is 14.7 Å². The first-order valence-corrected chi connectivity index (χ1v) is 7.36. The van der Waals surface area contributed by atoms with Crippen LogP contribution in [0.3, 0.4) is 0 Å². The smallest absolute Gasteiger partial charge is 0.264 e. The Labute approximate surface area is 138 Å². The molecule has 0 saturated heterocycles. The lowest BCUT2D eigenvalue weighted by molar-refractivity contribution is -0.135. The highest BCUT2D eigenvalue weighted by Crippen LogP contribution is 2.42. The number of nitrogens with zero attached hydrogens (tertiary/aromatic N) is 2. The van der Waals surface area contributed by atoms with Crippen molar-refractivity contribution in [2.45, 2.75) is 12.0 Å². The summed E-state index contributed by atoms with van der Waals surface area (Å²) in [7, 11) is 1.54. The largest absolute Gasteiger partial charge is 0.374 e. The van der Waals surface area contributed by atoms with E-state index < -0.39 is 11.5 Å². The predicted molar refractivity (Wildman–Crippen MR) is 88.4 cm³/mol. The molecule has 1 unspecified atom stereocenters. The molecule has 2 aromatic carbocycles. The standard InChI is InChI=1S/C18H15N3O3/c1-21-15-8-7-13(20-16(22)12-5-3-2-4-6-12)11-14(15)18(24,9-10-19)17(21)23/h2-8,11,24H,9H2,1H3,(H,20,22). The molecule has 0 bridgehead atoms. The Morgan fingerprint density at radius 1 is 1.29 bits per heavy atom. The van der Waals surface area contributed by atoms with Crippen molar-refractivity contribution in [3.8, 4) is 6.07 Å². The van der Waals surface area contributed by atoms with Crippen LogP contribution in [0.25, 0.3) is 0 Å². The van der Waals surface area contributed by atoms with E-state index in [2.05, 4.69) is 5.32 Å². The molecule has 6 nitrogen and oxygen atoms in total. The van der Waals surface area contributed by atoms with Crippen LogP contribution in [0.5, 0.6) is 0 Å². The summed E-state index contributed by atoms with van der Waals surface area (Å²) < 4.78 is 0. The minimum absolute atomic E-state index is 0.294. The number of nitrogens with one attached hydrogen (secondary N) is 1. The Bertz CT molecular complexity index is 858. The maximum atomic E-state index is 12.3. The van der Waals surface area contributed by atoms with Crippen molar-refractivity contribution in [1.29, 1.82) is 5.26 Å². The molecule has 0 fully saturated rings. The summed E-state index contributed by atoms with van der Waals surface area (Å²) >= 11 is 0. The van der Waals surface area contributed by atoms with Crippen molar-refractivity contribution >= 4 is 23.2 Å². The molecule has 0 aromatic heterocycles. The zero-order valence-electron chi connectivity index (χ0n) is 13.0. The van der Waals surface area contributed by atoms with E-state index >= 15 is 0 Å². The zero-order valence-corrected chi connectivity index (χ0v) is 13.0. The summed E-state index contributed by atoms with van der Waals surface area (Å²) in [5, 5.41) is 22.3. The van der Waals surface area contributed by atoms with Gasteiger partial charge in [0.25, 0.3) is 11.8 Å². The van der Waals surface area contributed by atoms with Gasteiger partial charge in [-0.15, -0.1) is 0 Å². The second-order valence-electron chi connectivity index (χ2n) is 5.61. The molecular weight excluding hydrogens is 306 g/mol. The molecule has 1 aliphatic heterocycles. The van der Waals surface area contributed by atoms with Crippen LogP contribution in [0.15, 0.2) is 48.5 Å². The maximum absolute atomic E-state index is 12.3. The molecule has 120 valence electrons. The Kier molecular flexibility index (Phi) is 3.80. The molecule has 0 aliphatic carbocycles. The first kappa shape index (κ1) is 15.7. The molecule has 3 rings (SSSR count). The van der Waals surface area contributed by atoms with Gasteiger partial charge in [-0.05, 0) is 30.3 Å². The van der Waals surface area contributed by atoms with E-state index in [-0.39, 0.29) is 12.3 Å². The molecule has 2 N–H and O–H groups in total. The van der Waals surface area contributed by atoms with Crippen LogP contribution in [0.2, 0.25) is 0 Å². The van der Waals surface area contributed by atoms with Gasteiger partial charge in [0.05, 0.1) is 18.2 Å². The van der Waals surface area contributed by atoms with E-state index in [0.717, 1.165) is 0 Å². The van der Waals surface area contributed by atoms with Crippen LogP contribution in [0.4, 0.5) is 11.4 Å². The fourth-order valence-electron chi connectivity index (χ4n) is 2.82. The Hall–Kier alpha value is -3.17. The number of amides is 2. The molecule has 6 heteroatoms. The van der Waals surface area contributed by atoms with E-state index in [0.29, 0.717) is 22.5 Å². The molecule has 1 heterocycles. The average Bonchev–Trinajstić information content (AvgIpc) is 2.78. The van der Waals surface area contributed by atoms with Crippen molar-refractivity contribution in [1.82, 2.24) is 0 Å². The van der Waals surface area contributed by atoms with E-state index in [1.165, 1.54) is 11.0 Å². The number of anilines is 2. The van der Waals surface area contributed by atoms with E-state index in [1.807, 2.05) is 12.1 Å². The van der Waals surface area contributed by atoms with Gasteiger partial charge >= 0.3 is 0 Å². The van der Waals surface area contributed by atoms with Crippen molar-refractivity contribution in [3.05, 3.63) is 59.7 Å². The average molecular weight is 321 g/mol. The van der Waals surface area contributed by atoms with E-state index in [4.69, 9.17) is 5.26 Å². The Balaban J connectivity index is 1.95. The summed E-state index contributed by atoms with van der Waals surface area (Å²) in [5.74, 6) is -0.845. The molecule has 2 amide bonds. The Morgan fingerprint density at radius 2 is 2.00 bits per heavy atom. The lowest BCUT2D eigenvalue weighted by Gasteiger charge is -2.18. The molecule has 0 spiro atoms. The third-order valence-corrected chi connectivity index (χ3v) is 4.09. The quantitative estimate of drug-likeness (QED) is 0.904. The summed E-state index contributed by atoms with van der Waals surface area (Å²) in [6, 6.07) is 15.4. The van der Waals surface area contributed by atoms with Crippen molar-refractivity contribution in [2.24, 2.45) is 0 Å². The topological polar surface area (TPSA) is 93.4 Å². The number of carbonyl (C=O) groups is 2. The number of nitriles is 1.